The van der Waals surface area contributed by atoms with E-state index in [9.17, 15) is 4.79 Å². The third kappa shape index (κ3) is 3.58. The van der Waals surface area contributed by atoms with Crippen molar-refractivity contribution in [1.29, 1.82) is 0 Å². The molecule has 0 unspecified atom stereocenters. The Morgan fingerprint density at radius 1 is 1.47 bits per heavy atom. The second-order valence-corrected chi connectivity index (χ2v) is 4.91. The number of hydrogen-bond acceptors (Lipinski definition) is 2. The van der Waals surface area contributed by atoms with Gasteiger partial charge in [0.2, 0.25) is 5.91 Å². The maximum absolute atomic E-state index is 11.3. The van der Waals surface area contributed by atoms with Crippen LogP contribution in [0.4, 0.5) is 0 Å². The fraction of sp³-hybridized carbons (Fsp3) is 0.286. The predicted molar refractivity (Wildman–Crippen MR) is 74.9 cm³/mol. The zero-order valence-electron chi connectivity index (χ0n) is 11.0. The van der Waals surface area contributed by atoms with Gasteiger partial charge in [-0.25, -0.2) is 4.98 Å². The molecule has 0 radical (unpaired) electrons. The first-order chi connectivity index (χ1) is 9.06. The number of rotatable bonds is 4. The summed E-state index contributed by atoms with van der Waals surface area (Å²) in [5.74, 6) is 0.884. The summed E-state index contributed by atoms with van der Waals surface area (Å²) in [7, 11) is 1.76. The van der Waals surface area contributed by atoms with Crippen molar-refractivity contribution in [2.45, 2.75) is 20.0 Å². The maximum Gasteiger partial charge on any atom is 0.219 e. The molecule has 0 bridgehead atoms. The Morgan fingerprint density at radius 2 is 2.26 bits per heavy atom. The molecule has 1 amide bonds. The van der Waals surface area contributed by atoms with Crippen molar-refractivity contribution in [2.24, 2.45) is 0 Å². The lowest BCUT2D eigenvalue weighted by Crippen LogP contribution is -2.25. The highest BCUT2D eigenvalue weighted by molar-refractivity contribution is 6.30. The van der Waals surface area contributed by atoms with Gasteiger partial charge in [-0.3, -0.25) is 4.79 Å². The molecule has 0 saturated heterocycles. The average molecular weight is 278 g/mol. The molecule has 1 aromatic heterocycles. The van der Waals surface area contributed by atoms with Crippen molar-refractivity contribution >= 4 is 17.5 Å². The molecule has 0 atom stereocenters. The van der Waals surface area contributed by atoms with Gasteiger partial charge in [-0.1, -0.05) is 23.7 Å². The van der Waals surface area contributed by atoms with Crippen molar-refractivity contribution in [3.63, 3.8) is 0 Å². The van der Waals surface area contributed by atoms with Crippen molar-refractivity contribution in [2.75, 3.05) is 7.05 Å². The summed E-state index contributed by atoms with van der Waals surface area (Å²) in [6.45, 7) is 2.74. The van der Waals surface area contributed by atoms with Gasteiger partial charge in [0.15, 0.2) is 0 Å². The zero-order chi connectivity index (χ0) is 13.8. The van der Waals surface area contributed by atoms with E-state index in [1.807, 2.05) is 35.0 Å². The number of carbonyl (C=O) groups is 1. The van der Waals surface area contributed by atoms with Gasteiger partial charge in [-0.05, 0) is 17.7 Å². The van der Waals surface area contributed by atoms with Crippen molar-refractivity contribution < 1.29 is 4.79 Å². The summed E-state index contributed by atoms with van der Waals surface area (Å²) in [4.78, 5) is 17.2. The van der Waals surface area contributed by atoms with Crippen LogP contribution in [0.1, 0.15) is 18.3 Å². The van der Waals surface area contributed by atoms with Crippen LogP contribution in [-0.2, 0) is 17.9 Å². The second kappa shape index (κ2) is 5.89. The molecule has 5 heteroatoms. The molecule has 0 aliphatic rings. The summed E-state index contributed by atoms with van der Waals surface area (Å²) in [5, 5.41) is 0.722. The fourth-order valence-corrected chi connectivity index (χ4v) is 2.00. The van der Waals surface area contributed by atoms with Gasteiger partial charge in [0.1, 0.15) is 5.82 Å². The van der Waals surface area contributed by atoms with E-state index in [0.29, 0.717) is 13.1 Å². The summed E-state index contributed by atoms with van der Waals surface area (Å²) >= 11 is 5.97. The maximum atomic E-state index is 11.3. The monoisotopic (exact) mass is 277 g/mol. The molecular formula is C14H16ClN3O. The van der Waals surface area contributed by atoms with Crippen LogP contribution in [-0.4, -0.2) is 27.4 Å². The lowest BCUT2D eigenvalue weighted by molar-refractivity contribution is -0.128. The Bertz CT molecular complexity index is 580. The van der Waals surface area contributed by atoms with E-state index in [0.717, 1.165) is 16.4 Å². The fourth-order valence-electron chi connectivity index (χ4n) is 1.79. The van der Waals surface area contributed by atoms with Gasteiger partial charge in [0.05, 0.1) is 6.54 Å². The van der Waals surface area contributed by atoms with Crippen LogP contribution in [0.5, 0.6) is 0 Å². The third-order valence-corrected chi connectivity index (χ3v) is 3.19. The molecule has 2 rings (SSSR count). The molecule has 0 spiro atoms. The smallest absolute Gasteiger partial charge is 0.219 e. The van der Waals surface area contributed by atoms with E-state index in [2.05, 4.69) is 4.98 Å². The first kappa shape index (κ1) is 13.6. The van der Waals surface area contributed by atoms with E-state index in [1.54, 1.807) is 25.1 Å². The molecule has 4 nitrogen and oxygen atoms in total. The summed E-state index contributed by atoms with van der Waals surface area (Å²) in [6.07, 6.45) is 3.65. The van der Waals surface area contributed by atoms with Crippen LogP contribution in [0.15, 0.2) is 36.7 Å². The molecule has 0 N–H and O–H groups in total. The number of benzene rings is 1. The zero-order valence-corrected chi connectivity index (χ0v) is 11.8. The van der Waals surface area contributed by atoms with Crippen molar-refractivity contribution in [1.82, 2.24) is 14.5 Å². The molecule has 1 heterocycles. The van der Waals surface area contributed by atoms with Crippen molar-refractivity contribution in [3.05, 3.63) is 53.1 Å². The van der Waals surface area contributed by atoms with Crippen molar-refractivity contribution in [3.8, 4) is 0 Å². The average Bonchev–Trinajstić information content (AvgIpc) is 2.76. The number of aromatic nitrogens is 2. The Labute approximate surface area is 117 Å². The van der Waals surface area contributed by atoms with Gasteiger partial charge in [-0.2, -0.15) is 0 Å². The van der Waals surface area contributed by atoms with Gasteiger partial charge in [-0.15, -0.1) is 0 Å². The van der Waals surface area contributed by atoms with Crippen LogP contribution >= 0.6 is 11.6 Å². The molecule has 19 heavy (non-hydrogen) atoms. The molecule has 2 aromatic rings. The molecule has 0 fully saturated rings. The minimum Gasteiger partial charge on any atom is -0.339 e. The topological polar surface area (TPSA) is 38.1 Å². The molecular weight excluding hydrogens is 262 g/mol. The first-order valence-corrected chi connectivity index (χ1v) is 6.40. The van der Waals surface area contributed by atoms with Crippen LogP contribution < -0.4 is 0 Å². The lowest BCUT2D eigenvalue weighted by Gasteiger charge is -2.15. The van der Waals surface area contributed by atoms with Gasteiger partial charge >= 0.3 is 0 Å². The number of halogens is 1. The molecule has 0 saturated carbocycles. The Hall–Kier alpha value is -1.81. The van der Waals surface area contributed by atoms with Crippen LogP contribution in [0.25, 0.3) is 0 Å². The van der Waals surface area contributed by atoms with Gasteiger partial charge < -0.3 is 9.47 Å². The molecule has 0 aliphatic carbocycles. The lowest BCUT2D eigenvalue weighted by atomic mass is 10.2. The molecule has 100 valence electrons. The Balaban J connectivity index is 2.13. The normalized spacial score (nSPS) is 10.5. The number of carbonyl (C=O) groups excluding carboxylic acids is 1. The second-order valence-electron chi connectivity index (χ2n) is 4.48. The third-order valence-electron chi connectivity index (χ3n) is 2.96. The van der Waals surface area contributed by atoms with E-state index >= 15 is 0 Å². The highest BCUT2D eigenvalue weighted by Gasteiger charge is 2.09. The Kier molecular flexibility index (Phi) is 4.22. The highest BCUT2D eigenvalue weighted by atomic mass is 35.5. The van der Waals surface area contributed by atoms with Gasteiger partial charge in [0, 0.05) is 37.9 Å². The SMILES string of the molecule is CC(=O)N(C)Cc1nccn1Cc1cccc(Cl)c1. The quantitative estimate of drug-likeness (QED) is 0.861. The van der Waals surface area contributed by atoms with E-state index in [1.165, 1.54) is 0 Å². The van der Waals surface area contributed by atoms with E-state index < -0.39 is 0 Å². The highest BCUT2D eigenvalue weighted by Crippen LogP contribution is 2.13. The predicted octanol–water partition coefficient (Wildman–Crippen LogP) is 2.56. The number of hydrogen-bond donors (Lipinski definition) is 0. The number of nitrogens with zero attached hydrogens (tertiary/aromatic N) is 3. The van der Waals surface area contributed by atoms with E-state index in [-0.39, 0.29) is 5.91 Å². The molecule has 0 aliphatic heterocycles. The Morgan fingerprint density at radius 3 is 2.95 bits per heavy atom. The molecule has 1 aromatic carbocycles. The summed E-state index contributed by atoms with van der Waals surface area (Å²) < 4.78 is 2.02. The van der Waals surface area contributed by atoms with E-state index in [4.69, 9.17) is 11.6 Å². The van der Waals surface area contributed by atoms with Gasteiger partial charge in [0.25, 0.3) is 0 Å². The van der Waals surface area contributed by atoms with Crippen LogP contribution in [0, 0.1) is 0 Å². The van der Waals surface area contributed by atoms with Crippen LogP contribution in [0.3, 0.4) is 0 Å². The van der Waals surface area contributed by atoms with Crippen LogP contribution in [0.2, 0.25) is 5.02 Å². The number of amides is 1. The first-order valence-electron chi connectivity index (χ1n) is 6.02. The minimum atomic E-state index is 0.0253. The minimum absolute atomic E-state index is 0.0253. The summed E-state index contributed by atoms with van der Waals surface area (Å²) in [6, 6.07) is 7.73. The standard InChI is InChI=1S/C14H16ClN3O/c1-11(19)17(2)10-14-16-6-7-18(14)9-12-4-3-5-13(15)8-12/h3-8H,9-10H2,1-2H3. The number of imidazole rings is 1. The summed E-state index contributed by atoms with van der Waals surface area (Å²) in [5.41, 5.74) is 1.11. The largest absolute Gasteiger partial charge is 0.339 e.